The van der Waals surface area contributed by atoms with Crippen LogP contribution in [0.4, 0.5) is 10.5 Å². The number of ether oxygens (including phenoxy) is 5. The molecule has 3 aromatic carbocycles. The van der Waals surface area contributed by atoms with Gasteiger partial charge in [0.15, 0.2) is 0 Å². The third-order valence-corrected chi connectivity index (χ3v) is 12.5. The number of thiazole rings is 1. The first-order valence-electron chi connectivity index (χ1n) is 22.1. The second-order valence-electron chi connectivity index (χ2n) is 17.1. The van der Waals surface area contributed by atoms with Gasteiger partial charge in [-0.25, -0.2) is 14.6 Å². The number of benzene rings is 3. The van der Waals surface area contributed by atoms with E-state index in [2.05, 4.69) is 22.1 Å². The number of hydrogen-bond acceptors (Lipinski definition) is 12. The maximum absolute atomic E-state index is 14.6. The standard InChI is InChI=1S/C48H63N5O9S/c1-32(52(5)47(57)62-48(2,3)4)43(54)51-42(33-13-8-7-9-14-33)45(55)53-25-12-17-40(53)44-50-39(31-63-44)37-22-23-41(38-16-11-10-15-36(37)38)61-30-29-60-28-27-59-26-24-49-35-20-18-34(19-21-35)46(56)58-6/h10-11,15-16,18-23,31-33,40,42,49H,7-9,12-14,17,24-30H2,1-6H3,(H,51,54)/t32-,40-,42-/m0/s1. The molecule has 0 radical (unpaired) electrons. The van der Waals surface area contributed by atoms with Gasteiger partial charge in [-0.2, -0.15) is 0 Å². The smallest absolute Gasteiger partial charge is 0.410 e. The van der Waals surface area contributed by atoms with Crippen LogP contribution in [-0.2, 0) is 28.5 Å². The van der Waals surface area contributed by atoms with Crippen LogP contribution in [-0.4, -0.2) is 117 Å². The molecule has 1 aromatic heterocycles. The number of methoxy groups -OCH3 is 1. The van der Waals surface area contributed by atoms with Crippen LogP contribution in [0.3, 0.4) is 0 Å². The molecule has 1 saturated heterocycles. The maximum atomic E-state index is 14.6. The lowest BCUT2D eigenvalue weighted by Gasteiger charge is -2.36. The molecular weight excluding hydrogens is 823 g/mol. The van der Waals surface area contributed by atoms with Crippen LogP contribution in [0.1, 0.15) is 94.0 Å². The number of likely N-dealkylation sites (N-methyl/N-ethyl adjacent to an activating group) is 1. The van der Waals surface area contributed by atoms with Gasteiger partial charge in [-0.05, 0) is 101 Å². The van der Waals surface area contributed by atoms with Crippen LogP contribution in [0.2, 0.25) is 0 Å². The molecule has 0 bridgehead atoms. The van der Waals surface area contributed by atoms with E-state index in [1.54, 1.807) is 58.2 Å². The van der Waals surface area contributed by atoms with Gasteiger partial charge in [0.2, 0.25) is 11.8 Å². The second-order valence-corrected chi connectivity index (χ2v) is 18.0. The van der Waals surface area contributed by atoms with E-state index < -0.39 is 23.8 Å². The number of fused-ring (bicyclic) bond motifs is 1. The van der Waals surface area contributed by atoms with Crippen molar-refractivity contribution in [3.63, 3.8) is 0 Å². The average Bonchev–Trinajstić information content (AvgIpc) is 3.98. The minimum absolute atomic E-state index is 0.0153. The summed E-state index contributed by atoms with van der Waals surface area (Å²) >= 11 is 1.56. The Balaban J connectivity index is 1.02. The SMILES string of the molecule is COC(=O)c1ccc(NCCOCCOCCOc2ccc(-c3csc([C@@H]4CCCN4C(=O)[C@@H](NC(=O)[C@H](C)N(C)C(=O)OC(C)(C)C)C4CCCCC4)n3)c3ccccc23)cc1. The fraction of sp³-hybridized carbons (Fsp3) is 0.521. The normalized spacial score (nSPS) is 16.6. The highest BCUT2D eigenvalue weighted by Crippen LogP contribution is 2.40. The van der Waals surface area contributed by atoms with Crippen LogP contribution in [0.25, 0.3) is 22.0 Å². The number of carbonyl (C=O) groups is 4. The number of rotatable bonds is 19. The van der Waals surface area contributed by atoms with E-state index in [1.165, 1.54) is 12.0 Å². The molecule has 1 aliphatic heterocycles. The number of nitrogens with one attached hydrogen (secondary N) is 2. The molecule has 2 aliphatic rings. The number of likely N-dealkylation sites (tertiary alicyclic amines) is 1. The molecule has 1 saturated carbocycles. The van der Waals surface area contributed by atoms with E-state index in [-0.39, 0.29) is 29.7 Å². The third kappa shape index (κ3) is 12.7. The van der Waals surface area contributed by atoms with Gasteiger partial charge >= 0.3 is 12.1 Å². The van der Waals surface area contributed by atoms with Crippen LogP contribution >= 0.6 is 11.3 Å². The van der Waals surface area contributed by atoms with Crippen molar-refractivity contribution in [3.8, 4) is 17.0 Å². The largest absolute Gasteiger partial charge is 0.491 e. The quantitative estimate of drug-likeness (QED) is 0.0690. The van der Waals surface area contributed by atoms with Gasteiger partial charge in [-0.15, -0.1) is 11.3 Å². The van der Waals surface area contributed by atoms with Gasteiger partial charge in [0.25, 0.3) is 0 Å². The highest BCUT2D eigenvalue weighted by atomic mass is 32.1. The third-order valence-electron chi connectivity index (χ3n) is 11.6. The monoisotopic (exact) mass is 885 g/mol. The first kappa shape index (κ1) is 47.2. The molecule has 0 unspecified atom stereocenters. The van der Waals surface area contributed by atoms with Gasteiger partial charge in [-0.1, -0.05) is 43.5 Å². The molecule has 6 rings (SSSR count). The zero-order valence-electron chi connectivity index (χ0n) is 37.5. The lowest BCUT2D eigenvalue weighted by molar-refractivity contribution is -0.140. The molecule has 15 heteroatoms. The Morgan fingerprint density at radius 1 is 0.873 bits per heavy atom. The number of anilines is 1. The Hall–Kier alpha value is -5.25. The number of hydrogen-bond donors (Lipinski definition) is 2. The highest BCUT2D eigenvalue weighted by Gasteiger charge is 2.41. The number of nitrogens with zero attached hydrogens (tertiary/aromatic N) is 3. The number of amides is 3. The molecule has 63 heavy (non-hydrogen) atoms. The topological polar surface area (TPSA) is 158 Å². The predicted octanol–water partition coefficient (Wildman–Crippen LogP) is 8.26. The van der Waals surface area contributed by atoms with E-state index in [0.29, 0.717) is 51.7 Å². The highest BCUT2D eigenvalue weighted by molar-refractivity contribution is 7.10. The van der Waals surface area contributed by atoms with Crippen molar-refractivity contribution in [2.75, 3.05) is 65.6 Å². The lowest BCUT2D eigenvalue weighted by atomic mass is 9.83. The summed E-state index contributed by atoms with van der Waals surface area (Å²) in [7, 11) is 2.91. The molecule has 14 nitrogen and oxygen atoms in total. The van der Waals surface area contributed by atoms with E-state index in [1.807, 2.05) is 47.4 Å². The van der Waals surface area contributed by atoms with Gasteiger partial charge in [0.05, 0.1) is 50.8 Å². The molecule has 3 amide bonds. The van der Waals surface area contributed by atoms with Crippen molar-refractivity contribution in [3.05, 3.63) is 76.6 Å². The van der Waals surface area contributed by atoms with Crippen LogP contribution < -0.4 is 15.4 Å². The van der Waals surface area contributed by atoms with E-state index in [0.717, 1.165) is 83.4 Å². The Labute approximate surface area is 374 Å². The summed E-state index contributed by atoms with van der Waals surface area (Å²) in [6.07, 6.45) is 5.90. The van der Waals surface area contributed by atoms with Crippen LogP contribution in [0, 0.1) is 5.92 Å². The number of esters is 1. The van der Waals surface area contributed by atoms with E-state index >= 15 is 0 Å². The predicted molar refractivity (Wildman–Crippen MR) is 244 cm³/mol. The summed E-state index contributed by atoms with van der Waals surface area (Å²) in [4.78, 5) is 61.0. The van der Waals surface area contributed by atoms with Gasteiger partial charge < -0.3 is 39.2 Å². The lowest BCUT2D eigenvalue weighted by Crippen LogP contribution is -2.56. The van der Waals surface area contributed by atoms with Crippen LogP contribution in [0.5, 0.6) is 5.75 Å². The van der Waals surface area contributed by atoms with Crippen molar-refractivity contribution < 1.29 is 42.9 Å². The zero-order valence-corrected chi connectivity index (χ0v) is 38.3. The van der Waals surface area contributed by atoms with Gasteiger partial charge in [-0.3, -0.25) is 14.5 Å². The van der Waals surface area contributed by atoms with Crippen molar-refractivity contribution in [2.45, 2.75) is 96.4 Å². The maximum Gasteiger partial charge on any atom is 0.410 e. The summed E-state index contributed by atoms with van der Waals surface area (Å²) < 4.78 is 27.9. The summed E-state index contributed by atoms with van der Waals surface area (Å²) in [6.45, 7) is 10.4. The fourth-order valence-electron chi connectivity index (χ4n) is 8.08. The molecule has 0 spiro atoms. The van der Waals surface area contributed by atoms with Crippen molar-refractivity contribution >= 4 is 51.7 Å². The Morgan fingerprint density at radius 3 is 2.29 bits per heavy atom. The zero-order chi connectivity index (χ0) is 44.9. The number of aromatic nitrogens is 1. The average molecular weight is 886 g/mol. The van der Waals surface area contributed by atoms with E-state index in [4.69, 9.17) is 28.7 Å². The fourth-order valence-corrected chi connectivity index (χ4v) is 9.05. The summed E-state index contributed by atoms with van der Waals surface area (Å²) in [5.41, 5.74) is 2.51. The van der Waals surface area contributed by atoms with Crippen molar-refractivity contribution in [1.29, 1.82) is 0 Å². The molecular formula is C48H63N5O9S. The first-order chi connectivity index (χ1) is 30.3. The van der Waals surface area contributed by atoms with Gasteiger partial charge in [0, 0.05) is 42.2 Å². The summed E-state index contributed by atoms with van der Waals surface area (Å²) in [6, 6.07) is 17.5. The second kappa shape index (κ2) is 22.4. The van der Waals surface area contributed by atoms with Crippen LogP contribution in [0.15, 0.2) is 66.0 Å². The van der Waals surface area contributed by atoms with Crippen molar-refractivity contribution in [2.24, 2.45) is 5.92 Å². The minimum atomic E-state index is -0.826. The number of carbonyl (C=O) groups excluding carboxylic acids is 4. The molecule has 4 aromatic rings. The molecule has 3 atom stereocenters. The molecule has 2 heterocycles. The molecule has 2 fully saturated rings. The minimum Gasteiger partial charge on any atom is -0.491 e. The first-order valence-corrected chi connectivity index (χ1v) is 23.0. The Kier molecular flexibility index (Phi) is 16.8. The molecule has 340 valence electrons. The molecule has 1 aliphatic carbocycles. The molecule has 2 N–H and O–H groups in total. The Bertz CT molecular complexity index is 2150. The summed E-state index contributed by atoms with van der Waals surface area (Å²) in [5.74, 6) is -0.0520. The summed E-state index contributed by atoms with van der Waals surface area (Å²) in [5, 5.41) is 11.3. The van der Waals surface area contributed by atoms with Crippen molar-refractivity contribution in [1.82, 2.24) is 20.1 Å². The van der Waals surface area contributed by atoms with E-state index in [9.17, 15) is 19.2 Å². The Morgan fingerprint density at radius 2 is 1.57 bits per heavy atom. The van der Waals surface area contributed by atoms with Gasteiger partial charge in [0.1, 0.15) is 35.0 Å².